The van der Waals surface area contributed by atoms with Crippen LogP contribution in [-0.2, 0) is 0 Å². The Kier molecular flexibility index (Phi) is 23.0. The third-order valence-electron chi connectivity index (χ3n) is 6.10. The fourth-order valence-electron chi connectivity index (χ4n) is 4.09. The van der Waals surface area contributed by atoms with Crippen molar-refractivity contribution in [1.29, 1.82) is 0 Å². The van der Waals surface area contributed by atoms with E-state index in [1.165, 1.54) is 141 Å². The van der Waals surface area contributed by atoms with Crippen LogP contribution in [0.4, 0.5) is 0 Å². The van der Waals surface area contributed by atoms with Gasteiger partial charge >= 0.3 is 0 Å². The quantitative estimate of drug-likeness (QED) is 0.167. The molecule has 0 rings (SSSR count). The topological polar surface area (TPSA) is 0 Å². The number of rotatable bonds is 22. The predicted octanol–water partition coefficient (Wildman–Crippen LogP) is 10.2. The smallest absolute Gasteiger partial charge is 0.0443 e. The van der Waals surface area contributed by atoms with Crippen LogP contribution in [-0.4, -0.2) is 0 Å². The van der Waals surface area contributed by atoms with Crippen LogP contribution in [0.1, 0.15) is 162 Å². The standard InChI is InChI=1S/C26H54/c1-4-6-8-9-10-11-12-13-14-15-16-17-18-19-20-21-22-23-25-26(3)24-7-5-2/h26H,4-25H2,1-3H3/t26-/m1/s1. The van der Waals surface area contributed by atoms with Crippen LogP contribution in [0.3, 0.4) is 0 Å². The number of unbranched alkanes of at least 4 members (excludes halogenated alkanes) is 18. The maximum atomic E-state index is 2.45. The third-order valence-corrected chi connectivity index (χ3v) is 6.10. The van der Waals surface area contributed by atoms with Gasteiger partial charge in [0.05, 0.1) is 0 Å². The minimum absolute atomic E-state index is 0.969. The second-order valence-corrected chi connectivity index (χ2v) is 9.05. The summed E-state index contributed by atoms with van der Waals surface area (Å²) in [6.07, 6.45) is 32.3. The molecule has 0 aromatic heterocycles. The van der Waals surface area contributed by atoms with Gasteiger partial charge in [-0.1, -0.05) is 162 Å². The molecule has 0 saturated heterocycles. The first-order valence-electron chi connectivity index (χ1n) is 12.8. The molecule has 0 radical (unpaired) electrons. The highest BCUT2D eigenvalue weighted by Crippen LogP contribution is 2.18. The molecule has 0 N–H and O–H groups in total. The van der Waals surface area contributed by atoms with E-state index in [0.29, 0.717) is 0 Å². The van der Waals surface area contributed by atoms with E-state index in [4.69, 9.17) is 0 Å². The molecule has 1 atom stereocenters. The van der Waals surface area contributed by atoms with E-state index in [0.717, 1.165) is 5.92 Å². The van der Waals surface area contributed by atoms with E-state index in [2.05, 4.69) is 20.8 Å². The molecule has 0 unspecified atom stereocenters. The van der Waals surface area contributed by atoms with Crippen LogP contribution in [0.5, 0.6) is 0 Å². The van der Waals surface area contributed by atoms with Crippen molar-refractivity contribution in [3.63, 3.8) is 0 Å². The molecule has 0 heterocycles. The second kappa shape index (κ2) is 23.0. The first kappa shape index (κ1) is 26.0. The van der Waals surface area contributed by atoms with Crippen LogP contribution in [0.15, 0.2) is 0 Å². The van der Waals surface area contributed by atoms with Gasteiger partial charge in [-0.3, -0.25) is 0 Å². The van der Waals surface area contributed by atoms with Gasteiger partial charge in [0.15, 0.2) is 0 Å². The summed E-state index contributed by atoms with van der Waals surface area (Å²) in [5.41, 5.74) is 0. The molecule has 0 aliphatic heterocycles. The van der Waals surface area contributed by atoms with Crippen molar-refractivity contribution in [2.45, 2.75) is 162 Å². The fraction of sp³-hybridized carbons (Fsp3) is 1.00. The number of hydrogen-bond acceptors (Lipinski definition) is 0. The Morgan fingerprint density at radius 1 is 0.346 bits per heavy atom. The van der Waals surface area contributed by atoms with E-state index in [9.17, 15) is 0 Å². The Morgan fingerprint density at radius 2 is 0.615 bits per heavy atom. The average Bonchev–Trinajstić information content (AvgIpc) is 2.65. The van der Waals surface area contributed by atoms with Crippen molar-refractivity contribution in [3.8, 4) is 0 Å². The molecule has 0 aromatic rings. The lowest BCUT2D eigenvalue weighted by Gasteiger charge is -2.10. The molecule has 0 heteroatoms. The lowest BCUT2D eigenvalue weighted by Crippen LogP contribution is -1.94. The van der Waals surface area contributed by atoms with E-state index in [-0.39, 0.29) is 0 Å². The molecular formula is C26H54. The van der Waals surface area contributed by atoms with Crippen LogP contribution in [0.2, 0.25) is 0 Å². The van der Waals surface area contributed by atoms with Gasteiger partial charge in [-0.05, 0) is 5.92 Å². The van der Waals surface area contributed by atoms with Gasteiger partial charge in [0, 0.05) is 0 Å². The van der Waals surface area contributed by atoms with Crippen molar-refractivity contribution in [2.75, 3.05) is 0 Å². The largest absolute Gasteiger partial charge is 0.0654 e. The van der Waals surface area contributed by atoms with Crippen molar-refractivity contribution in [2.24, 2.45) is 5.92 Å². The van der Waals surface area contributed by atoms with Gasteiger partial charge in [-0.2, -0.15) is 0 Å². The van der Waals surface area contributed by atoms with Crippen LogP contribution in [0.25, 0.3) is 0 Å². The van der Waals surface area contributed by atoms with E-state index < -0.39 is 0 Å². The minimum atomic E-state index is 0.969. The third kappa shape index (κ3) is 22.0. The normalized spacial score (nSPS) is 12.6. The minimum Gasteiger partial charge on any atom is -0.0654 e. The lowest BCUT2D eigenvalue weighted by molar-refractivity contribution is 0.440. The molecule has 0 fully saturated rings. The van der Waals surface area contributed by atoms with Crippen molar-refractivity contribution in [1.82, 2.24) is 0 Å². The lowest BCUT2D eigenvalue weighted by atomic mass is 9.97. The molecule has 0 bridgehead atoms. The summed E-state index contributed by atoms with van der Waals surface area (Å²) in [5, 5.41) is 0. The fourth-order valence-corrected chi connectivity index (χ4v) is 4.09. The molecule has 0 aliphatic carbocycles. The van der Waals surface area contributed by atoms with E-state index >= 15 is 0 Å². The Hall–Kier alpha value is 0. The SMILES string of the molecule is CCCCCCCCCCCCCCCCCCCC[C@H](C)CCCC. The van der Waals surface area contributed by atoms with Crippen molar-refractivity contribution < 1.29 is 0 Å². The van der Waals surface area contributed by atoms with Gasteiger partial charge in [0.1, 0.15) is 0 Å². The Labute approximate surface area is 168 Å². The highest BCUT2D eigenvalue weighted by molar-refractivity contribution is 4.55. The summed E-state index contributed by atoms with van der Waals surface area (Å²) in [5.74, 6) is 0.969. The average molecular weight is 367 g/mol. The molecule has 0 aliphatic rings. The van der Waals surface area contributed by atoms with Gasteiger partial charge in [-0.15, -0.1) is 0 Å². The van der Waals surface area contributed by atoms with Gasteiger partial charge in [0.2, 0.25) is 0 Å². The summed E-state index contributed by atoms with van der Waals surface area (Å²) in [7, 11) is 0. The van der Waals surface area contributed by atoms with Crippen LogP contribution in [0, 0.1) is 5.92 Å². The second-order valence-electron chi connectivity index (χ2n) is 9.05. The Balaban J connectivity index is 3.03. The zero-order valence-electron chi connectivity index (χ0n) is 19.1. The van der Waals surface area contributed by atoms with Crippen LogP contribution < -0.4 is 0 Å². The van der Waals surface area contributed by atoms with E-state index in [1.54, 1.807) is 0 Å². The van der Waals surface area contributed by atoms with Gasteiger partial charge < -0.3 is 0 Å². The molecule has 0 saturated carbocycles. The van der Waals surface area contributed by atoms with Crippen LogP contribution >= 0.6 is 0 Å². The molecule has 0 aromatic carbocycles. The first-order chi connectivity index (χ1) is 12.8. The zero-order chi connectivity index (χ0) is 19.1. The summed E-state index contributed by atoms with van der Waals surface area (Å²) in [4.78, 5) is 0. The summed E-state index contributed by atoms with van der Waals surface area (Å²) < 4.78 is 0. The highest BCUT2D eigenvalue weighted by Gasteiger charge is 2.01. The maximum Gasteiger partial charge on any atom is -0.0443 e. The number of hydrogen-bond donors (Lipinski definition) is 0. The van der Waals surface area contributed by atoms with Crippen molar-refractivity contribution >= 4 is 0 Å². The maximum absolute atomic E-state index is 2.45. The zero-order valence-corrected chi connectivity index (χ0v) is 19.1. The molecule has 26 heavy (non-hydrogen) atoms. The molecule has 0 nitrogen and oxygen atoms in total. The monoisotopic (exact) mass is 366 g/mol. The Bertz CT molecular complexity index is 232. The molecule has 158 valence electrons. The summed E-state index contributed by atoms with van der Waals surface area (Å²) in [6, 6.07) is 0. The first-order valence-corrected chi connectivity index (χ1v) is 12.8. The summed E-state index contributed by atoms with van der Waals surface area (Å²) >= 11 is 0. The predicted molar refractivity (Wildman–Crippen MR) is 122 cm³/mol. The van der Waals surface area contributed by atoms with E-state index in [1.807, 2.05) is 0 Å². The summed E-state index contributed by atoms with van der Waals surface area (Å²) in [6.45, 7) is 7.06. The molecule has 0 amide bonds. The van der Waals surface area contributed by atoms with Gasteiger partial charge in [0.25, 0.3) is 0 Å². The Morgan fingerprint density at radius 3 is 0.962 bits per heavy atom. The highest BCUT2D eigenvalue weighted by atomic mass is 14.1. The molecule has 0 spiro atoms. The van der Waals surface area contributed by atoms with Gasteiger partial charge in [-0.25, -0.2) is 0 Å². The van der Waals surface area contributed by atoms with Crippen molar-refractivity contribution in [3.05, 3.63) is 0 Å². The molecular weight excluding hydrogens is 312 g/mol.